The standard InChI is InChI=1S/C16H17N/c1-2-17(16-11-7-4-8-12-16)14-13-15-9-5-3-6-10-15/h3-14H,2H2,1H3. The number of nitrogens with zero attached hydrogens (tertiary/aromatic N) is 1. The maximum atomic E-state index is 2.23. The predicted octanol–water partition coefficient (Wildman–Crippen LogP) is 4.18. The summed E-state index contributed by atoms with van der Waals surface area (Å²) in [7, 11) is 0. The average Bonchev–Trinajstić information content (AvgIpc) is 2.42. The van der Waals surface area contributed by atoms with Gasteiger partial charge in [0.1, 0.15) is 0 Å². The first-order chi connectivity index (χ1) is 8.40. The summed E-state index contributed by atoms with van der Waals surface area (Å²) in [6.45, 7) is 3.12. The van der Waals surface area contributed by atoms with Gasteiger partial charge in [-0.1, -0.05) is 48.5 Å². The van der Waals surface area contributed by atoms with Crippen molar-refractivity contribution in [1.82, 2.24) is 0 Å². The molecule has 0 unspecified atom stereocenters. The molecule has 0 aromatic heterocycles. The quantitative estimate of drug-likeness (QED) is 0.751. The molecule has 0 N–H and O–H groups in total. The summed E-state index contributed by atoms with van der Waals surface area (Å²) in [5.41, 5.74) is 2.45. The van der Waals surface area contributed by atoms with Gasteiger partial charge in [-0.25, -0.2) is 0 Å². The van der Waals surface area contributed by atoms with Crippen LogP contribution in [0.1, 0.15) is 12.5 Å². The van der Waals surface area contributed by atoms with Crippen molar-refractivity contribution in [2.75, 3.05) is 11.4 Å². The van der Waals surface area contributed by atoms with Gasteiger partial charge in [-0.2, -0.15) is 0 Å². The number of para-hydroxylation sites is 1. The van der Waals surface area contributed by atoms with Gasteiger partial charge in [-0.3, -0.25) is 0 Å². The predicted molar refractivity (Wildman–Crippen MR) is 74.9 cm³/mol. The largest absolute Gasteiger partial charge is 0.348 e. The van der Waals surface area contributed by atoms with Crippen LogP contribution in [0, 0.1) is 0 Å². The van der Waals surface area contributed by atoms with Crippen LogP contribution in [-0.4, -0.2) is 6.54 Å². The highest BCUT2D eigenvalue weighted by Gasteiger charge is 1.97. The second-order valence-electron chi connectivity index (χ2n) is 3.85. The maximum Gasteiger partial charge on any atom is 0.0405 e. The fourth-order valence-corrected chi connectivity index (χ4v) is 1.73. The van der Waals surface area contributed by atoms with Crippen LogP contribution >= 0.6 is 0 Å². The molecule has 0 spiro atoms. The molecule has 2 aromatic rings. The van der Waals surface area contributed by atoms with Crippen molar-refractivity contribution in [3.05, 3.63) is 72.4 Å². The molecule has 1 nitrogen and oxygen atoms in total. The van der Waals surface area contributed by atoms with Crippen LogP contribution in [0.3, 0.4) is 0 Å². The van der Waals surface area contributed by atoms with Crippen molar-refractivity contribution in [2.24, 2.45) is 0 Å². The minimum absolute atomic E-state index is 0.966. The van der Waals surface area contributed by atoms with Gasteiger partial charge in [0.15, 0.2) is 0 Å². The van der Waals surface area contributed by atoms with Crippen LogP contribution in [0.2, 0.25) is 0 Å². The summed E-state index contributed by atoms with van der Waals surface area (Å²) in [5, 5.41) is 0. The van der Waals surface area contributed by atoms with Crippen molar-refractivity contribution in [3.63, 3.8) is 0 Å². The molecule has 0 fully saturated rings. The highest BCUT2D eigenvalue weighted by atomic mass is 15.1. The lowest BCUT2D eigenvalue weighted by molar-refractivity contribution is 1.02. The van der Waals surface area contributed by atoms with E-state index < -0.39 is 0 Å². The zero-order chi connectivity index (χ0) is 11.9. The van der Waals surface area contributed by atoms with E-state index in [-0.39, 0.29) is 0 Å². The number of anilines is 1. The van der Waals surface area contributed by atoms with Crippen LogP contribution in [0.5, 0.6) is 0 Å². The third-order valence-corrected chi connectivity index (χ3v) is 2.68. The van der Waals surface area contributed by atoms with Gasteiger partial charge >= 0.3 is 0 Å². The van der Waals surface area contributed by atoms with Gasteiger partial charge in [0, 0.05) is 18.4 Å². The number of hydrogen-bond acceptors (Lipinski definition) is 1. The molecule has 0 aliphatic heterocycles. The first-order valence-corrected chi connectivity index (χ1v) is 5.95. The highest BCUT2D eigenvalue weighted by molar-refractivity contribution is 5.56. The molecule has 0 saturated heterocycles. The Morgan fingerprint density at radius 2 is 1.47 bits per heavy atom. The number of hydrogen-bond donors (Lipinski definition) is 0. The summed E-state index contributed by atoms with van der Waals surface area (Å²) in [4.78, 5) is 2.23. The Morgan fingerprint density at radius 3 is 2.06 bits per heavy atom. The van der Waals surface area contributed by atoms with Crippen molar-refractivity contribution in [3.8, 4) is 0 Å². The van der Waals surface area contributed by atoms with Crippen LogP contribution < -0.4 is 4.90 Å². The van der Waals surface area contributed by atoms with Crippen molar-refractivity contribution in [2.45, 2.75) is 6.92 Å². The van der Waals surface area contributed by atoms with Gasteiger partial charge in [0.2, 0.25) is 0 Å². The first-order valence-electron chi connectivity index (χ1n) is 5.95. The zero-order valence-corrected chi connectivity index (χ0v) is 10.1. The molecular formula is C16H17N. The third kappa shape index (κ3) is 3.22. The summed E-state index contributed by atoms with van der Waals surface area (Å²) >= 11 is 0. The summed E-state index contributed by atoms with van der Waals surface area (Å²) in [5.74, 6) is 0. The molecule has 1 heteroatoms. The van der Waals surface area contributed by atoms with E-state index in [0.29, 0.717) is 0 Å². The van der Waals surface area contributed by atoms with Crippen molar-refractivity contribution >= 4 is 11.8 Å². The molecule has 2 rings (SSSR count). The summed E-state index contributed by atoms with van der Waals surface area (Å²) in [6.07, 6.45) is 4.27. The van der Waals surface area contributed by atoms with E-state index in [9.17, 15) is 0 Å². The van der Waals surface area contributed by atoms with E-state index in [4.69, 9.17) is 0 Å². The van der Waals surface area contributed by atoms with Crippen LogP contribution in [-0.2, 0) is 0 Å². The van der Waals surface area contributed by atoms with E-state index >= 15 is 0 Å². The Morgan fingerprint density at radius 1 is 0.882 bits per heavy atom. The van der Waals surface area contributed by atoms with E-state index in [1.54, 1.807) is 0 Å². The van der Waals surface area contributed by atoms with Crippen molar-refractivity contribution < 1.29 is 0 Å². The van der Waals surface area contributed by atoms with Gasteiger partial charge in [0.05, 0.1) is 0 Å². The molecule has 17 heavy (non-hydrogen) atoms. The van der Waals surface area contributed by atoms with E-state index in [0.717, 1.165) is 6.54 Å². The molecule has 0 bridgehead atoms. The van der Waals surface area contributed by atoms with Gasteiger partial charge < -0.3 is 4.90 Å². The van der Waals surface area contributed by atoms with E-state index in [1.807, 2.05) is 12.1 Å². The molecule has 0 aliphatic carbocycles. The SMILES string of the molecule is CCN(C=Cc1ccccc1)c1ccccc1. The normalized spacial score (nSPS) is 10.6. The van der Waals surface area contributed by atoms with Crippen molar-refractivity contribution in [1.29, 1.82) is 0 Å². The molecule has 0 amide bonds. The molecule has 86 valence electrons. The van der Waals surface area contributed by atoms with E-state index in [2.05, 4.69) is 72.6 Å². The summed E-state index contributed by atoms with van der Waals surface area (Å²) < 4.78 is 0. The Kier molecular flexibility index (Phi) is 3.98. The fraction of sp³-hybridized carbons (Fsp3) is 0.125. The molecule has 0 atom stereocenters. The van der Waals surface area contributed by atoms with Gasteiger partial charge in [-0.15, -0.1) is 0 Å². The monoisotopic (exact) mass is 223 g/mol. The lowest BCUT2D eigenvalue weighted by atomic mass is 10.2. The smallest absolute Gasteiger partial charge is 0.0405 e. The van der Waals surface area contributed by atoms with Gasteiger partial charge in [0.25, 0.3) is 0 Å². The molecule has 0 heterocycles. The minimum Gasteiger partial charge on any atom is -0.348 e. The molecule has 0 saturated carbocycles. The second kappa shape index (κ2) is 5.90. The number of benzene rings is 2. The average molecular weight is 223 g/mol. The van der Waals surface area contributed by atoms with Crippen LogP contribution in [0.4, 0.5) is 5.69 Å². The Labute approximate surface area is 103 Å². The number of rotatable bonds is 4. The molecule has 2 aromatic carbocycles. The Hall–Kier alpha value is -2.02. The van der Waals surface area contributed by atoms with Crippen LogP contribution in [0.25, 0.3) is 6.08 Å². The second-order valence-corrected chi connectivity index (χ2v) is 3.85. The Balaban J connectivity index is 2.14. The minimum atomic E-state index is 0.966. The fourth-order valence-electron chi connectivity index (χ4n) is 1.73. The lowest BCUT2D eigenvalue weighted by Gasteiger charge is -2.18. The topological polar surface area (TPSA) is 3.24 Å². The third-order valence-electron chi connectivity index (χ3n) is 2.68. The molecule has 0 aliphatic rings. The highest BCUT2D eigenvalue weighted by Crippen LogP contribution is 2.14. The summed E-state index contributed by atoms with van der Waals surface area (Å²) in [6, 6.07) is 20.8. The van der Waals surface area contributed by atoms with Crippen LogP contribution in [0.15, 0.2) is 66.9 Å². The first kappa shape index (κ1) is 11.5. The Bertz CT molecular complexity index is 459. The lowest BCUT2D eigenvalue weighted by Crippen LogP contribution is -2.14. The zero-order valence-electron chi connectivity index (χ0n) is 10.1. The maximum absolute atomic E-state index is 2.23. The molecular weight excluding hydrogens is 206 g/mol. The van der Waals surface area contributed by atoms with E-state index in [1.165, 1.54) is 11.3 Å². The van der Waals surface area contributed by atoms with Gasteiger partial charge in [-0.05, 0) is 30.7 Å². The molecule has 0 radical (unpaired) electrons.